The monoisotopic (exact) mass is 378 g/mol. The van der Waals surface area contributed by atoms with E-state index in [1.807, 2.05) is 0 Å². The molecule has 0 aliphatic rings. The first kappa shape index (κ1) is 18.0. The first-order chi connectivity index (χ1) is 14.3. The lowest BCUT2D eigenvalue weighted by Gasteiger charge is -2.11. The molecule has 144 valence electrons. The van der Waals surface area contributed by atoms with Crippen molar-refractivity contribution in [3.05, 3.63) is 78.9 Å². The molecule has 5 rings (SSSR count). The van der Waals surface area contributed by atoms with E-state index in [1.165, 1.54) is 62.4 Å². The molecule has 0 unspecified atom stereocenters. The van der Waals surface area contributed by atoms with Crippen LogP contribution in [0.1, 0.15) is 32.6 Å². The number of rotatable bonds is 6. The van der Waals surface area contributed by atoms with Crippen LogP contribution >= 0.6 is 0 Å². The Morgan fingerprint density at radius 3 is 2.03 bits per heavy atom. The molecule has 0 fully saturated rings. The van der Waals surface area contributed by atoms with Crippen molar-refractivity contribution in [1.82, 2.24) is 0 Å². The van der Waals surface area contributed by atoms with Gasteiger partial charge in [0.05, 0.1) is 6.61 Å². The number of benzene rings is 5. The highest BCUT2D eigenvalue weighted by Crippen LogP contribution is 2.34. The van der Waals surface area contributed by atoms with E-state index in [4.69, 9.17) is 4.74 Å². The number of hydrogen-bond donors (Lipinski definition) is 0. The number of ether oxygens (including phenoxy) is 1. The van der Waals surface area contributed by atoms with Crippen molar-refractivity contribution in [1.29, 1.82) is 0 Å². The Bertz CT molecular complexity index is 1320. The van der Waals surface area contributed by atoms with Crippen molar-refractivity contribution >= 4 is 43.1 Å². The second kappa shape index (κ2) is 7.75. The van der Waals surface area contributed by atoms with Gasteiger partial charge in [0, 0.05) is 0 Å². The van der Waals surface area contributed by atoms with Gasteiger partial charge < -0.3 is 4.74 Å². The molecule has 1 heteroatoms. The van der Waals surface area contributed by atoms with Crippen LogP contribution in [0.15, 0.2) is 78.9 Å². The van der Waals surface area contributed by atoms with Gasteiger partial charge in [0.2, 0.25) is 0 Å². The molecule has 0 bridgehead atoms. The summed E-state index contributed by atoms with van der Waals surface area (Å²) < 4.78 is 5.99. The van der Waals surface area contributed by atoms with Crippen LogP contribution in [0.25, 0.3) is 43.1 Å². The first-order valence-corrected chi connectivity index (χ1v) is 10.7. The maximum Gasteiger partial charge on any atom is 0.119 e. The van der Waals surface area contributed by atoms with Crippen molar-refractivity contribution in [2.75, 3.05) is 6.61 Å². The summed E-state index contributed by atoms with van der Waals surface area (Å²) in [4.78, 5) is 0. The fourth-order valence-electron chi connectivity index (χ4n) is 4.36. The second-order valence-corrected chi connectivity index (χ2v) is 7.94. The summed E-state index contributed by atoms with van der Waals surface area (Å²) in [5.74, 6) is 0.972. The van der Waals surface area contributed by atoms with Crippen molar-refractivity contribution in [2.45, 2.75) is 32.6 Å². The third-order valence-electron chi connectivity index (χ3n) is 5.94. The predicted molar refractivity (Wildman–Crippen MR) is 126 cm³/mol. The van der Waals surface area contributed by atoms with Crippen molar-refractivity contribution < 1.29 is 4.74 Å². The molecule has 0 radical (unpaired) electrons. The van der Waals surface area contributed by atoms with Crippen LogP contribution in [0.3, 0.4) is 0 Å². The molecule has 0 atom stereocenters. The van der Waals surface area contributed by atoms with Gasteiger partial charge in [0.1, 0.15) is 5.75 Å². The highest BCUT2D eigenvalue weighted by atomic mass is 16.5. The zero-order valence-electron chi connectivity index (χ0n) is 16.9. The minimum absolute atomic E-state index is 0.802. The Balaban J connectivity index is 1.55. The first-order valence-electron chi connectivity index (χ1n) is 10.7. The lowest BCUT2D eigenvalue weighted by Crippen LogP contribution is -1.97. The zero-order valence-corrected chi connectivity index (χ0v) is 16.9. The van der Waals surface area contributed by atoms with Gasteiger partial charge in [-0.05, 0) is 73.8 Å². The third-order valence-corrected chi connectivity index (χ3v) is 5.94. The molecule has 0 saturated heterocycles. The standard InChI is InChI=1S/C28H26O/c1-2-3-4-7-16-29-24-12-15-25-23(18-24)11-14-27-26(25)13-10-22-17-20-8-5-6-9-21(20)19-28(22)27/h5-6,8-15,17-19H,2-4,7,16H2,1H3. The predicted octanol–water partition coefficient (Wildman–Crippen LogP) is 8.26. The van der Waals surface area contributed by atoms with Crippen LogP contribution in [-0.4, -0.2) is 6.61 Å². The Kier molecular flexibility index (Phi) is 4.81. The summed E-state index contributed by atoms with van der Waals surface area (Å²) in [6.45, 7) is 3.04. The summed E-state index contributed by atoms with van der Waals surface area (Å²) in [6.07, 6.45) is 4.92. The van der Waals surface area contributed by atoms with Gasteiger partial charge in [-0.1, -0.05) is 80.8 Å². The van der Waals surface area contributed by atoms with Gasteiger partial charge in [0.15, 0.2) is 0 Å². The Morgan fingerprint density at radius 2 is 1.24 bits per heavy atom. The molecule has 1 nitrogen and oxygen atoms in total. The van der Waals surface area contributed by atoms with E-state index < -0.39 is 0 Å². The molecule has 0 saturated carbocycles. The average molecular weight is 379 g/mol. The molecule has 0 aliphatic carbocycles. The molecule has 0 aliphatic heterocycles. The molecule has 0 N–H and O–H groups in total. The van der Waals surface area contributed by atoms with Crippen LogP contribution in [0.5, 0.6) is 5.75 Å². The minimum Gasteiger partial charge on any atom is -0.494 e. The SMILES string of the molecule is CCCCCCOc1ccc2c(ccc3c4cc5ccccc5cc4ccc23)c1. The van der Waals surface area contributed by atoms with Gasteiger partial charge >= 0.3 is 0 Å². The maximum atomic E-state index is 5.99. The second-order valence-electron chi connectivity index (χ2n) is 7.94. The molecule has 0 aromatic heterocycles. The average Bonchev–Trinajstić information content (AvgIpc) is 2.77. The van der Waals surface area contributed by atoms with Crippen LogP contribution in [-0.2, 0) is 0 Å². The van der Waals surface area contributed by atoms with Crippen molar-refractivity contribution in [2.24, 2.45) is 0 Å². The van der Waals surface area contributed by atoms with Crippen LogP contribution in [0.4, 0.5) is 0 Å². The minimum atomic E-state index is 0.802. The molecule has 29 heavy (non-hydrogen) atoms. The lowest BCUT2D eigenvalue weighted by molar-refractivity contribution is 0.305. The molecular weight excluding hydrogens is 352 g/mol. The molecule has 0 spiro atoms. The van der Waals surface area contributed by atoms with Crippen molar-refractivity contribution in [3.63, 3.8) is 0 Å². The quantitative estimate of drug-likeness (QED) is 0.164. The molecule has 5 aromatic carbocycles. The van der Waals surface area contributed by atoms with E-state index in [1.54, 1.807) is 0 Å². The van der Waals surface area contributed by atoms with E-state index in [-0.39, 0.29) is 0 Å². The van der Waals surface area contributed by atoms with Crippen LogP contribution in [0.2, 0.25) is 0 Å². The molecule has 0 amide bonds. The van der Waals surface area contributed by atoms with E-state index in [9.17, 15) is 0 Å². The van der Waals surface area contributed by atoms with E-state index in [2.05, 4.69) is 85.8 Å². The van der Waals surface area contributed by atoms with E-state index >= 15 is 0 Å². The fourth-order valence-corrected chi connectivity index (χ4v) is 4.36. The normalized spacial score (nSPS) is 11.6. The largest absolute Gasteiger partial charge is 0.494 e. The highest BCUT2D eigenvalue weighted by molar-refractivity contribution is 6.19. The molecule has 0 heterocycles. The maximum absolute atomic E-state index is 5.99. The third kappa shape index (κ3) is 3.42. The van der Waals surface area contributed by atoms with Gasteiger partial charge in [-0.15, -0.1) is 0 Å². The van der Waals surface area contributed by atoms with E-state index in [0.717, 1.165) is 18.8 Å². The lowest BCUT2D eigenvalue weighted by atomic mass is 9.95. The summed E-state index contributed by atoms with van der Waals surface area (Å²) in [6, 6.07) is 28.7. The van der Waals surface area contributed by atoms with Gasteiger partial charge in [-0.25, -0.2) is 0 Å². The van der Waals surface area contributed by atoms with Crippen LogP contribution < -0.4 is 4.74 Å². The Morgan fingerprint density at radius 1 is 0.552 bits per heavy atom. The Hall–Kier alpha value is -3.06. The molecular formula is C28H26O. The van der Waals surface area contributed by atoms with Gasteiger partial charge in [-0.3, -0.25) is 0 Å². The summed E-state index contributed by atoms with van der Waals surface area (Å²) in [5, 5.41) is 10.3. The number of hydrogen-bond acceptors (Lipinski definition) is 1. The summed E-state index contributed by atoms with van der Waals surface area (Å²) in [5.41, 5.74) is 0. The summed E-state index contributed by atoms with van der Waals surface area (Å²) in [7, 11) is 0. The summed E-state index contributed by atoms with van der Waals surface area (Å²) >= 11 is 0. The smallest absolute Gasteiger partial charge is 0.119 e. The zero-order chi connectivity index (χ0) is 19.6. The Labute approximate surface area is 171 Å². The topological polar surface area (TPSA) is 9.23 Å². The van der Waals surface area contributed by atoms with Gasteiger partial charge in [0.25, 0.3) is 0 Å². The molecule has 5 aromatic rings. The van der Waals surface area contributed by atoms with Crippen molar-refractivity contribution in [3.8, 4) is 5.75 Å². The number of unbranched alkanes of at least 4 members (excludes halogenated alkanes) is 3. The fraction of sp³-hybridized carbons (Fsp3) is 0.214. The van der Waals surface area contributed by atoms with Crippen LogP contribution in [0, 0.1) is 0 Å². The van der Waals surface area contributed by atoms with E-state index in [0.29, 0.717) is 0 Å². The highest BCUT2D eigenvalue weighted by Gasteiger charge is 2.07. The number of fused-ring (bicyclic) bond motifs is 6. The van der Waals surface area contributed by atoms with Gasteiger partial charge in [-0.2, -0.15) is 0 Å².